The van der Waals surface area contributed by atoms with E-state index in [1.807, 2.05) is 49.4 Å². The number of hydrogen-bond acceptors (Lipinski definition) is 3. The smallest absolute Gasteiger partial charge is 0.229 e. The van der Waals surface area contributed by atoms with E-state index in [0.29, 0.717) is 12.3 Å². The molecular formula is C19H20N2O3. The minimum Gasteiger partial charge on any atom is -0.497 e. The highest BCUT2D eigenvalue weighted by molar-refractivity contribution is 6.03. The molecule has 1 unspecified atom stereocenters. The molecule has 0 aliphatic carbocycles. The van der Waals surface area contributed by atoms with Crippen LogP contribution in [-0.2, 0) is 9.59 Å². The standard InChI is InChI=1S/C19H20N2O3/c1-13-5-3-6-15(9-13)20-19(23)14-10-18(22)21(12-14)16-7-4-8-17(11-16)24-2/h3-9,11,14H,10,12H2,1-2H3,(H,20,23). The van der Waals surface area contributed by atoms with Gasteiger partial charge in [0.05, 0.1) is 13.0 Å². The van der Waals surface area contributed by atoms with Crippen LogP contribution < -0.4 is 15.0 Å². The fourth-order valence-electron chi connectivity index (χ4n) is 2.88. The van der Waals surface area contributed by atoms with E-state index in [2.05, 4.69) is 5.32 Å². The number of nitrogens with zero attached hydrogens (tertiary/aromatic N) is 1. The second-order valence-corrected chi connectivity index (χ2v) is 5.97. The molecule has 0 spiro atoms. The molecule has 5 nitrogen and oxygen atoms in total. The SMILES string of the molecule is COc1cccc(N2CC(C(=O)Nc3cccc(C)c3)CC2=O)c1. The van der Waals surface area contributed by atoms with Gasteiger partial charge in [-0.1, -0.05) is 18.2 Å². The van der Waals surface area contributed by atoms with E-state index in [1.54, 1.807) is 18.1 Å². The van der Waals surface area contributed by atoms with Crippen molar-refractivity contribution in [3.05, 3.63) is 54.1 Å². The van der Waals surface area contributed by atoms with Crippen LogP contribution in [0.5, 0.6) is 5.75 Å². The van der Waals surface area contributed by atoms with Gasteiger partial charge in [-0.05, 0) is 36.8 Å². The monoisotopic (exact) mass is 324 g/mol. The zero-order chi connectivity index (χ0) is 17.1. The summed E-state index contributed by atoms with van der Waals surface area (Å²) in [5.74, 6) is 0.157. The quantitative estimate of drug-likeness (QED) is 0.940. The van der Waals surface area contributed by atoms with Crippen molar-refractivity contribution in [1.82, 2.24) is 0 Å². The van der Waals surface area contributed by atoms with Crippen LogP contribution in [0.2, 0.25) is 0 Å². The molecule has 1 atom stereocenters. The van der Waals surface area contributed by atoms with Gasteiger partial charge in [-0.2, -0.15) is 0 Å². The number of amides is 2. The van der Waals surface area contributed by atoms with Crippen molar-refractivity contribution in [2.75, 3.05) is 23.9 Å². The van der Waals surface area contributed by atoms with Gasteiger partial charge in [0, 0.05) is 30.4 Å². The Hall–Kier alpha value is -2.82. The van der Waals surface area contributed by atoms with E-state index in [4.69, 9.17) is 4.74 Å². The lowest BCUT2D eigenvalue weighted by molar-refractivity contribution is -0.122. The molecular weight excluding hydrogens is 304 g/mol. The Balaban J connectivity index is 1.70. The third-order valence-corrected chi connectivity index (χ3v) is 4.15. The van der Waals surface area contributed by atoms with Gasteiger partial charge in [-0.15, -0.1) is 0 Å². The maximum absolute atomic E-state index is 12.5. The number of benzene rings is 2. The molecule has 2 amide bonds. The largest absolute Gasteiger partial charge is 0.497 e. The molecule has 1 fully saturated rings. The summed E-state index contributed by atoms with van der Waals surface area (Å²) < 4.78 is 5.20. The second-order valence-electron chi connectivity index (χ2n) is 5.97. The molecule has 0 bridgehead atoms. The molecule has 3 rings (SSSR count). The van der Waals surface area contributed by atoms with Gasteiger partial charge in [-0.3, -0.25) is 9.59 Å². The van der Waals surface area contributed by atoms with Gasteiger partial charge in [0.25, 0.3) is 0 Å². The Morgan fingerprint density at radius 1 is 1.21 bits per heavy atom. The summed E-state index contributed by atoms with van der Waals surface area (Å²) in [5, 5.41) is 2.90. The summed E-state index contributed by atoms with van der Waals surface area (Å²) >= 11 is 0. The highest BCUT2D eigenvalue weighted by atomic mass is 16.5. The van der Waals surface area contributed by atoms with Gasteiger partial charge >= 0.3 is 0 Å². The number of hydrogen-bond donors (Lipinski definition) is 1. The molecule has 1 N–H and O–H groups in total. The van der Waals surface area contributed by atoms with Gasteiger partial charge < -0.3 is 15.0 Å². The second kappa shape index (κ2) is 6.74. The summed E-state index contributed by atoms with van der Waals surface area (Å²) in [6, 6.07) is 14.9. The van der Waals surface area contributed by atoms with E-state index < -0.39 is 0 Å². The van der Waals surface area contributed by atoms with E-state index in [-0.39, 0.29) is 24.2 Å². The summed E-state index contributed by atoms with van der Waals surface area (Å²) in [7, 11) is 1.59. The molecule has 0 aromatic heterocycles. The van der Waals surface area contributed by atoms with Crippen LogP contribution in [0.25, 0.3) is 0 Å². The number of rotatable bonds is 4. The van der Waals surface area contributed by atoms with Crippen molar-refractivity contribution in [2.45, 2.75) is 13.3 Å². The highest BCUT2D eigenvalue weighted by Crippen LogP contribution is 2.28. The van der Waals surface area contributed by atoms with E-state index in [0.717, 1.165) is 16.9 Å². The number of carbonyl (C=O) groups is 2. The van der Waals surface area contributed by atoms with Crippen LogP contribution in [0.15, 0.2) is 48.5 Å². The maximum Gasteiger partial charge on any atom is 0.229 e. The van der Waals surface area contributed by atoms with Crippen molar-refractivity contribution in [3.8, 4) is 5.75 Å². The predicted molar refractivity (Wildman–Crippen MR) is 93.3 cm³/mol. The lowest BCUT2D eigenvalue weighted by atomic mass is 10.1. The Labute approximate surface area is 141 Å². The average molecular weight is 324 g/mol. The molecule has 0 radical (unpaired) electrons. The predicted octanol–water partition coefficient (Wildman–Crippen LogP) is 3.00. The number of carbonyl (C=O) groups excluding carboxylic acids is 2. The number of anilines is 2. The minimum atomic E-state index is -0.357. The Bertz CT molecular complexity index is 773. The molecule has 124 valence electrons. The zero-order valence-corrected chi connectivity index (χ0v) is 13.8. The molecule has 0 saturated carbocycles. The van der Waals surface area contributed by atoms with E-state index in [9.17, 15) is 9.59 Å². The normalized spacial score (nSPS) is 17.0. The van der Waals surface area contributed by atoms with Crippen LogP contribution >= 0.6 is 0 Å². The first kappa shape index (κ1) is 16.1. The fourth-order valence-corrected chi connectivity index (χ4v) is 2.88. The Morgan fingerprint density at radius 2 is 2.00 bits per heavy atom. The van der Waals surface area contributed by atoms with Crippen molar-refractivity contribution in [2.24, 2.45) is 5.92 Å². The third-order valence-electron chi connectivity index (χ3n) is 4.15. The summed E-state index contributed by atoms with van der Waals surface area (Å²) in [6.07, 6.45) is 0.217. The van der Waals surface area contributed by atoms with Crippen molar-refractivity contribution in [1.29, 1.82) is 0 Å². The number of nitrogens with one attached hydrogen (secondary N) is 1. The third kappa shape index (κ3) is 3.40. The highest BCUT2D eigenvalue weighted by Gasteiger charge is 2.35. The van der Waals surface area contributed by atoms with Crippen LogP contribution in [0.3, 0.4) is 0 Å². The molecule has 1 aliphatic heterocycles. The first-order chi connectivity index (χ1) is 11.6. The van der Waals surface area contributed by atoms with Gasteiger partial charge in [0.1, 0.15) is 5.75 Å². The maximum atomic E-state index is 12.5. The number of aryl methyl sites for hydroxylation is 1. The van der Waals surface area contributed by atoms with Crippen LogP contribution in [0.4, 0.5) is 11.4 Å². The zero-order valence-electron chi connectivity index (χ0n) is 13.8. The van der Waals surface area contributed by atoms with Gasteiger partial charge in [0.2, 0.25) is 11.8 Å². The number of ether oxygens (including phenoxy) is 1. The van der Waals surface area contributed by atoms with Crippen LogP contribution in [0, 0.1) is 12.8 Å². The van der Waals surface area contributed by atoms with Gasteiger partial charge in [0.15, 0.2) is 0 Å². The van der Waals surface area contributed by atoms with Crippen molar-refractivity contribution >= 4 is 23.2 Å². The molecule has 24 heavy (non-hydrogen) atoms. The molecule has 2 aromatic carbocycles. The van der Waals surface area contributed by atoms with Crippen molar-refractivity contribution in [3.63, 3.8) is 0 Å². The van der Waals surface area contributed by atoms with Crippen LogP contribution in [0.1, 0.15) is 12.0 Å². The summed E-state index contributed by atoms with van der Waals surface area (Å²) in [5.41, 5.74) is 2.59. The molecule has 1 heterocycles. The van der Waals surface area contributed by atoms with E-state index >= 15 is 0 Å². The topological polar surface area (TPSA) is 58.6 Å². The Morgan fingerprint density at radius 3 is 2.75 bits per heavy atom. The lowest BCUT2D eigenvalue weighted by Gasteiger charge is -2.17. The Kier molecular flexibility index (Phi) is 4.51. The van der Waals surface area contributed by atoms with E-state index in [1.165, 1.54) is 0 Å². The molecule has 1 saturated heterocycles. The molecule has 5 heteroatoms. The summed E-state index contributed by atoms with van der Waals surface area (Å²) in [6.45, 7) is 2.35. The lowest BCUT2D eigenvalue weighted by Crippen LogP contribution is -2.28. The fraction of sp³-hybridized carbons (Fsp3) is 0.263. The summed E-state index contributed by atoms with van der Waals surface area (Å²) in [4.78, 5) is 26.4. The number of methoxy groups -OCH3 is 1. The average Bonchev–Trinajstić information content (AvgIpc) is 2.97. The van der Waals surface area contributed by atoms with Gasteiger partial charge in [-0.25, -0.2) is 0 Å². The minimum absolute atomic E-state index is 0.0485. The van der Waals surface area contributed by atoms with Crippen LogP contribution in [-0.4, -0.2) is 25.5 Å². The molecule has 2 aromatic rings. The molecule has 1 aliphatic rings. The first-order valence-electron chi connectivity index (χ1n) is 7.89. The van der Waals surface area contributed by atoms with Crippen molar-refractivity contribution < 1.29 is 14.3 Å². The first-order valence-corrected chi connectivity index (χ1v) is 7.89.